The van der Waals surface area contributed by atoms with Crippen LogP contribution in [0, 0.1) is 0 Å². The number of aromatic hydroxyl groups is 6. The van der Waals surface area contributed by atoms with Crippen LogP contribution >= 0.6 is 0 Å². The molecule has 11 atom stereocenters. The third kappa shape index (κ3) is 12.0. The van der Waals surface area contributed by atoms with Crippen LogP contribution in [0.15, 0.2) is 60.7 Å². The minimum Gasteiger partial charge on any atom is -0.504 e. The fourth-order valence-electron chi connectivity index (χ4n) is 6.52. The Morgan fingerprint density at radius 3 is 2.07 bits per heavy atom. The van der Waals surface area contributed by atoms with Gasteiger partial charge in [0.1, 0.15) is 36.6 Å². The minimum atomic E-state index is -1.91. The van der Waals surface area contributed by atoms with Gasteiger partial charge >= 0.3 is 17.9 Å². The average Bonchev–Trinajstić information content (AvgIpc) is 3.22. The van der Waals surface area contributed by atoms with E-state index in [1.807, 2.05) is 0 Å². The van der Waals surface area contributed by atoms with Gasteiger partial charge in [-0.15, -0.1) is 0 Å². The van der Waals surface area contributed by atoms with Crippen molar-refractivity contribution in [3.05, 3.63) is 77.4 Å². The lowest BCUT2D eigenvalue weighted by molar-refractivity contribution is -0.349. The van der Waals surface area contributed by atoms with Crippen LogP contribution in [0.5, 0.6) is 34.5 Å². The molecule has 332 valence electrons. The second-order valence-corrected chi connectivity index (χ2v) is 14.2. The fraction of sp³-hybridized carbons (Fsp3) is 0.425. The van der Waals surface area contributed by atoms with E-state index in [9.17, 15) is 75.7 Å². The van der Waals surface area contributed by atoms with E-state index in [0.717, 1.165) is 36.4 Å². The molecular formula is C40H46O21. The van der Waals surface area contributed by atoms with Crippen LogP contribution in [0.25, 0.3) is 6.08 Å². The fourth-order valence-corrected chi connectivity index (χ4v) is 6.52. The number of hydrogen-bond donors (Lipinski definition) is 12. The van der Waals surface area contributed by atoms with Crippen LogP contribution in [-0.4, -0.2) is 160 Å². The summed E-state index contributed by atoms with van der Waals surface area (Å²) >= 11 is 0. The van der Waals surface area contributed by atoms with E-state index in [-0.39, 0.29) is 36.1 Å². The Morgan fingerprint density at radius 2 is 1.43 bits per heavy atom. The molecule has 21 heteroatoms. The molecule has 2 heterocycles. The smallest absolute Gasteiger partial charge is 0.345 e. The van der Waals surface area contributed by atoms with Crippen molar-refractivity contribution in [1.29, 1.82) is 0 Å². The topological polar surface area (TPSA) is 349 Å². The van der Waals surface area contributed by atoms with Crippen molar-refractivity contribution < 1.29 is 104 Å². The summed E-state index contributed by atoms with van der Waals surface area (Å²) in [5.41, 5.74) is 0.752. The summed E-state index contributed by atoms with van der Waals surface area (Å²) in [4.78, 5) is 38.3. The van der Waals surface area contributed by atoms with Crippen LogP contribution in [0.1, 0.15) is 35.4 Å². The Balaban J connectivity index is 1.32. The van der Waals surface area contributed by atoms with Crippen molar-refractivity contribution in [2.75, 3.05) is 19.8 Å². The summed E-state index contributed by atoms with van der Waals surface area (Å²) in [5.74, 6) is -7.40. The molecule has 2 fully saturated rings. The highest BCUT2D eigenvalue weighted by Gasteiger charge is 2.51. The van der Waals surface area contributed by atoms with Crippen molar-refractivity contribution in [1.82, 2.24) is 0 Å². The number of carboxylic acids is 1. The lowest BCUT2D eigenvalue weighted by atomic mass is 9.92. The first kappa shape index (κ1) is 46.3. The Labute approximate surface area is 346 Å². The van der Waals surface area contributed by atoms with E-state index in [2.05, 4.69) is 0 Å². The number of carbonyl (C=O) groups excluding carboxylic acids is 2. The van der Waals surface area contributed by atoms with Gasteiger partial charge in [0.15, 0.2) is 53.2 Å². The lowest BCUT2D eigenvalue weighted by Gasteiger charge is -2.45. The second-order valence-electron chi connectivity index (χ2n) is 14.2. The molecule has 2 aliphatic heterocycles. The van der Waals surface area contributed by atoms with Gasteiger partial charge in [-0.1, -0.05) is 18.2 Å². The number of hydrogen-bond acceptors (Lipinski definition) is 20. The van der Waals surface area contributed by atoms with Gasteiger partial charge in [0, 0.05) is 12.5 Å². The zero-order valence-corrected chi connectivity index (χ0v) is 32.0. The summed E-state index contributed by atoms with van der Waals surface area (Å²) in [5, 5.41) is 121. The maximum Gasteiger partial charge on any atom is 0.345 e. The van der Waals surface area contributed by atoms with E-state index in [4.69, 9.17) is 28.4 Å². The Kier molecular flexibility index (Phi) is 15.7. The highest BCUT2D eigenvalue weighted by atomic mass is 16.7. The summed E-state index contributed by atoms with van der Waals surface area (Å²) < 4.78 is 33.5. The van der Waals surface area contributed by atoms with E-state index in [0.29, 0.717) is 0 Å². The first-order chi connectivity index (χ1) is 28.9. The molecule has 61 heavy (non-hydrogen) atoms. The van der Waals surface area contributed by atoms with Crippen molar-refractivity contribution in [2.24, 2.45) is 0 Å². The van der Waals surface area contributed by atoms with Crippen LogP contribution in [-0.2, 0) is 49.2 Å². The number of phenolic OH excluding ortho intramolecular Hbond substituents is 6. The monoisotopic (exact) mass is 862 g/mol. The van der Waals surface area contributed by atoms with Crippen molar-refractivity contribution in [3.8, 4) is 34.5 Å². The van der Waals surface area contributed by atoms with Gasteiger partial charge in [0.2, 0.25) is 6.10 Å². The molecule has 0 aromatic heterocycles. The molecule has 0 saturated carbocycles. The third-order valence-electron chi connectivity index (χ3n) is 9.85. The number of phenols is 6. The Morgan fingerprint density at radius 1 is 0.770 bits per heavy atom. The largest absolute Gasteiger partial charge is 0.504 e. The molecule has 0 spiro atoms. The van der Waals surface area contributed by atoms with Crippen LogP contribution in [0.4, 0.5) is 0 Å². The van der Waals surface area contributed by atoms with Crippen LogP contribution in [0.2, 0.25) is 0 Å². The van der Waals surface area contributed by atoms with Crippen molar-refractivity contribution in [2.45, 2.75) is 86.6 Å². The summed E-state index contributed by atoms with van der Waals surface area (Å²) in [6.07, 6.45) is -15.9. The number of ether oxygens (including phenoxy) is 6. The maximum absolute atomic E-state index is 13.2. The first-order valence-corrected chi connectivity index (χ1v) is 18.7. The van der Waals surface area contributed by atoms with Gasteiger partial charge in [-0.25, -0.2) is 9.59 Å². The molecule has 2 saturated heterocycles. The maximum atomic E-state index is 13.2. The summed E-state index contributed by atoms with van der Waals surface area (Å²) in [6.45, 7) is -1.75. The quantitative estimate of drug-likeness (QED) is 0.0465. The van der Waals surface area contributed by atoms with E-state index in [1.165, 1.54) is 30.3 Å². The normalized spacial score (nSPS) is 26.3. The van der Waals surface area contributed by atoms with E-state index < -0.39 is 139 Å². The van der Waals surface area contributed by atoms with Gasteiger partial charge in [0.05, 0.1) is 26.2 Å². The predicted octanol–water partition coefficient (Wildman–Crippen LogP) is -0.433. The SMILES string of the molecule is O=C(/C=C/c1ccc(O)c(O)c1)O[C@H]1[C@H](O[C@@H]2OC[C@@H](O)[C@H](O)[C@H]2O)[C@@H](O)[C@H](OCC[C@@H](CC(=O)O[C@H](Cc2ccc(O)c(O)c2)C(=O)O)c2ccc(O)c(O)c2)O[C@@H]1CO. The molecule has 0 bridgehead atoms. The highest BCUT2D eigenvalue weighted by Crippen LogP contribution is 2.35. The average molecular weight is 863 g/mol. The molecule has 3 aromatic carbocycles. The molecule has 0 amide bonds. The van der Waals surface area contributed by atoms with Gasteiger partial charge < -0.3 is 89.7 Å². The van der Waals surface area contributed by atoms with Crippen molar-refractivity contribution in [3.63, 3.8) is 0 Å². The Hall–Kier alpha value is -5.75. The van der Waals surface area contributed by atoms with E-state index in [1.54, 1.807) is 0 Å². The number of rotatable bonds is 17. The van der Waals surface area contributed by atoms with Crippen molar-refractivity contribution >= 4 is 24.0 Å². The summed E-state index contributed by atoms with van der Waals surface area (Å²) in [6, 6.07) is 10.9. The number of aliphatic hydroxyl groups excluding tert-OH is 5. The zero-order chi connectivity index (χ0) is 44.5. The van der Waals surface area contributed by atoms with Crippen LogP contribution < -0.4 is 0 Å². The molecule has 5 rings (SSSR count). The number of benzene rings is 3. The zero-order valence-electron chi connectivity index (χ0n) is 32.0. The molecule has 0 aliphatic carbocycles. The summed E-state index contributed by atoms with van der Waals surface area (Å²) in [7, 11) is 0. The molecule has 21 nitrogen and oxygen atoms in total. The number of aliphatic hydroxyl groups is 5. The third-order valence-corrected chi connectivity index (χ3v) is 9.85. The van der Waals surface area contributed by atoms with Crippen LogP contribution in [0.3, 0.4) is 0 Å². The minimum absolute atomic E-state index is 0.130. The Bertz CT molecular complexity index is 2020. The van der Waals surface area contributed by atoms with E-state index >= 15 is 0 Å². The number of aliphatic carboxylic acids is 1. The number of esters is 2. The van der Waals surface area contributed by atoms with Gasteiger partial charge in [-0.05, 0) is 71.5 Å². The lowest BCUT2D eigenvalue weighted by Crippen LogP contribution is -2.64. The molecule has 0 radical (unpaired) electrons. The molecular weight excluding hydrogens is 816 g/mol. The highest BCUT2D eigenvalue weighted by molar-refractivity contribution is 5.87. The first-order valence-electron chi connectivity index (χ1n) is 18.7. The second kappa shape index (κ2) is 20.7. The molecule has 3 aromatic rings. The molecule has 0 unspecified atom stereocenters. The van der Waals surface area contributed by atoms with Gasteiger partial charge in [-0.3, -0.25) is 4.79 Å². The molecule has 12 N–H and O–H groups in total. The van der Waals surface area contributed by atoms with Gasteiger partial charge in [0.25, 0.3) is 0 Å². The number of carboxylic acid groups (broad SMARTS) is 1. The predicted molar refractivity (Wildman–Crippen MR) is 202 cm³/mol. The standard InChI is InChI=1S/C40H46O21/c41-16-30-36(60-31(49)8-3-18-1-5-22(42)25(45)11-18)37(61-39-34(52)33(51)28(48)17-57-39)35(53)40(59-30)56-10-9-21(20-4-7-24(44)27(47)14-20)15-32(50)58-29(38(54)55)13-19-2-6-23(43)26(46)12-19/h1-8,11-12,14,21,28-30,33-37,39-48,51-53H,9-10,13,15-17H2,(H,54,55)/b8-3+/t21-,28+,29+,30+,33-,34+,35+,36+,37+,39-,40+/m0/s1. The number of carbonyl (C=O) groups is 3. The van der Waals surface area contributed by atoms with Gasteiger partial charge in [-0.2, -0.15) is 0 Å². The molecule has 2 aliphatic rings.